The molecule has 4 rings (SSSR count). The Balaban J connectivity index is 1.35. The molecule has 9 nitrogen and oxygen atoms in total. The topological polar surface area (TPSA) is 114 Å². The highest BCUT2D eigenvalue weighted by Gasteiger charge is 2.34. The number of nitrogens with zero attached hydrogens (tertiary/aromatic N) is 4. The number of halogens is 2. The maximum atomic E-state index is 12.9. The molecule has 0 amide bonds. The number of fused-ring (bicyclic) bond motifs is 1. The first-order valence-electron chi connectivity index (χ1n) is 8.80. The van der Waals surface area contributed by atoms with Gasteiger partial charge in [0.25, 0.3) is 0 Å². The number of rotatable bonds is 6. The molecule has 0 aliphatic carbocycles. The first-order valence-corrected chi connectivity index (χ1v) is 11.3. The van der Waals surface area contributed by atoms with E-state index >= 15 is 0 Å². The van der Waals surface area contributed by atoms with E-state index in [0.29, 0.717) is 40.0 Å². The minimum absolute atomic E-state index is 0.165. The zero-order valence-corrected chi connectivity index (χ0v) is 17.6. The average molecular weight is 458 g/mol. The van der Waals surface area contributed by atoms with Gasteiger partial charge in [-0.3, -0.25) is 9.09 Å². The lowest BCUT2D eigenvalue weighted by Crippen LogP contribution is -2.17. The van der Waals surface area contributed by atoms with Crippen molar-refractivity contribution in [2.24, 2.45) is 0 Å². The molecule has 1 aromatic carbocycles. The minimum Gasteiger partial charge on any atom is -0.382 e. The maximum absolute atomic E-state index is 12.9. The lowest BCUT2D eigenvalue weighted by molar-refractivity contribution is 0.0563. The Hall–Kier alpha value is -1.74. The van der Waals surface area contributed by atoms with E-state index in [2.05, 4.69) is 15.0 Å². The third kappa shape index (κ3) is 4.71. The Bertz CT molecular complexity index is 1060. The van der Waals surface area contributed by atoms with Gasteiger partial charge in [0, 0.05) is 23.0 Å². The number of anilines is 1. The molecule has 2 N–H and O–H groups in total. The van der Waals surface area contributed by atoms with E-state index in [1.165, 1.54) is 6.33 Å². The van der Waals surface area contributed by atoms with Gasteiger partial charge < -0.3 is 19.6 Å². The molecule has 1 aliphatic heterocycles. The highest BCUT2D eigenvalue weighted by atomic mass is 35.5. The van der Waals surface area contributed by atoms with Gasteiger partial charge in [0.1, 0.15) is 18.2 Å². The molecule has 0 bridgehead atoms. The quantitative estimate of drug-likeness (QED) is 0.435. The summed E-state index contributed by atoms with van der Waals surface area (Å²) in [6.07, 6.45) is 2.94. The van der Waals surface area contributed by atoms with Crippen LogP contribution >= 0.6 is 30.8 Å². The van der Waals surface area contributed by atoms with Crippen LogP contribution in [0.4, 0.5) is 5.82 Å². The molecule has 1 aliphatic rings. The zero-order valence-electron chi connectivity index (χ0n) is 15.2. The van der Waals surface area contributed by atoms with Crippen LogP contribution in [0.3, 0.4) is 0 Å². The van der Waals surface area contributed by atoms with Crippen LogP contribution < -0.4 is 5.73 Å². The van der Waals surface area contributed by atoms with E-state index < -0.39 is 13.7 Å². The monoisotopic (exact) mass is 457 g/mol. The van der Waals surface area contributed by atoms with Crippen LogP contribution in [-0.4, -0.2) is 39.1 Å². The molecular formula is C17H18Cl2N5O4P. The molecule has 0 saturated carbocycles. The summed E-state index contributed by atoms with van der Waals surface area (Å²) in [6.45, 7) is 0.998. The van der Waals surface area contributed by atoms with Crippen molar-refractivity contribution in [3.63, 3.8) is 0 Å². The fraction of sp³-hybridized carbons (Fsp3) is 0.353. The summed E-state index contributed by atoms with van der Waals surface area (Å²) < 4.78 is 31.4. The van der Waals surface area contributed by atoms with Gasteiger partial charge in [-0.1, -0.05) is 23.2 Å². The first kappa shape index (κ1) is 20.5. The number of nitrogen functional groups attached to an aromatic ring is 1. The van der Waals surface area contributed by atoms with Crippen molar-refractivity contribution in [3.8, 4) is 0 Å². The number of aromatic nitrogens is 4. The van der Waals surface area contributed by atoms with Crippen LogP contribution in [0.5, 0.6) is 0 Å². The van der Waals surface area contributed by atoms with Gasteiger partial charge in [-0.05, 0) is 23.8 Å². The summed E-state index contributed by atoms with van der Waals surface area (Å²) in [4.78, 5) is 12.3. The number of imidazole rings is 1. The van der Waals surface area contributed by atoms with Gasteiger partial charge in [0.05, 0.1) is 25.6 Å². The van der Waals surface area contributed by atoms with Crippen molar-refractivity contribution in [1.82, 2.24) is 19.5 Å². The van der Waals surface area contributed by atoms with Gasteiger partial charge >= 0.3 is 7.60 Å². The Morgan fingerprint density at radius 3 is 2.83 bits per heavy atom. The van der Waals surface area contributed by atoms with Crippen LogP contribution in [0.1, 0.15) is 18.1 Å². The summed E-state index contributed by atoms with van der Waals surface area (Å²) >= 11 is 12.1. The molecule has 0 radical (unpaired) electrons. The minimum atomic E-state index is -3.41. The molecule has 3 aromatic rings. The van der Waals surface area contributed by atoms with Gasteiger partial charge in [0.2, 0.25) is 0 Å². The Labute approximate surface area is 176 Å². The molecule has 29 heavy (non-hydrogen) atoms. The van der Waals surface area contributed by atoms with Crippen LogP contribution in [0.2, 0.25) is 10.0 Å². The molecule has 12 heteroatoms. The second kappa shape index (κ2) is 8.55. The van der Waals surface area contributed by atoms with Crippen LogP contribution in [0.25, 0.3) is 11.2 Å². The standard InChI is InChI=1S/C17H18Cl2N5O4P/c18-12-5-11(6-13(19)7-12)14-1-3-27-29(25,28-14)10-26-4-2-24-9-23-15-16(20)21-8-22-17(15)24/h5-9,14H,1-4,10H2,(H2,20,21,22). The van der Waals surface area contributed by atoms with Crippen molar-refractivity contribution in [1.29, 1.82) is 0 Å². The molecular weight excluding hydrogens is 440 g/mol. The largest absolute Gasteiger partial charge is 0.382 e. The predicted molar refractivity (Wildman–Crippen MR) is 109 cm³/mol. The van der Waals surface area contributed by atoms with E-state index in [1.54, 1.807) is 29.1 Å². The molecule has 2 aromatic heterocycles. The van der Waals surface area contributed by atoms with Crippen LogP contribution in [0.15, 0.2) is 30.9 Å². The van der Waals surface area contributed by atoms with Crippen LogP contribution in [0, 0.1) is 0 Å². The number of benzene rings is 1. The Morgan fingerprint density at radius 2 is 2.03 bits per heavy atom. The Kier molecular flexibility index (Phi) is 6.06. The highest BCUT2D eigenvalue weighted by Crippen LogP contribution is 2.56. The summed E-state index contributed by atoms with van der Waals surface area (Å²) in [6, 6.07) is 5.12. The third-order valence-electron chi connectivity index (χ3n) is 4.37. The number of nitrogens with two attached hydrogens (primary N) is 1. The third-order valence-corrected chi connectivity index (χ3v) is 6.45. The van der Waals surface area contributed by atoms with Crippen molar-refractivity contribution in [3.05, 3.63) is 46.5 Å². The molecule has 154 valence electrons. The fourth-order valence-corrected chi connectivity index (χ4v) is 5.12. The molecule has 2 unspecified atom stereocenters. The molecule has 0 spiro atoms. The fourth-order valence-electron chi connectivity index (χ4n) is 3.03. The van der Waals surface area contributed by atoms with Crippen molar-refractivity contribution >= 4 is 47.8 Å². The summed E-state index contributed by atoms with van der Waals surface area (Å²) in [5, 5.41) is 0.983. The SMILES string of the molecule is Nc1ncnc2c1ncn2CCOCP1(=O)OCCC(c2cc(Cl)cc(Cl)c2)O1. The molecule has 3 heterocycles. The predicted octanol–water partition coefficient (Wildman–Crippen LogP) is 4.06. The van der Waals surface area contributed by atoms with Gasteiger partial charge in [0.15, 0.2) is 11.5 Å². The van der Waals surface area contributed by atoms with Gasteiger partial charge in [-0.25, -0.2) is 15.0 Å². The lowest BCUT2D eigenvalue weighted by atomic mass is 10.1. The zero-order chi connectivity index (χ0) is 20.4. The molecule has 2 atom stereocenters. The Morgan fingerprint density at radius 1 is 1.24 bits per heavy atom. The normalized spacial score (nSPS) is 22.2. The molecule has 1 fully saturated rings. The second-order valence-electron chi connectivity index (χ2n) is 6.44. The highest BCUT2D eigenvalue weighted by molar-refractivity contribution is 7.53. The van der Waals surface area contributed by atoms with Gasteiger partial charge in [-0.15, -0.1) is 0 Å². The number of ether oxygens (including phenoxy) is 1. The first-order chi connectivity index (χ1) is 13.9. The van der Waals surface area contributed by atoms with Gasteiger partial charge in [-0.2, -0.15) is 0 Å². The number of hydrogen-bond donors (Lipinski definition) is 1. The van der Waals surface area contributed by atoms with Crippen molar-refractivity contribution in [2.75, 3.05) is 25.3 Å². The van der Waals surface area contributed by atoms with E-state index in [1.807, 2.05) is 0 Å². The van der Waals surface area contributed by atoms with E-state index in [9.17, 15) is 4.57 Å². The van der Waals surface area contributed by atoms with E-state index in [4.69, 9.17) is 42.7 Å². The van der Waals surface area contributed by atoms with Crippen molar-refractivity contribution < 1.29 is 18.3 Å². The summed E-state index contributed by atoms with van der Waals surface area (Å²) in [5.41, 5.74) is 7.67. The smallest absolute Gasteiger partial charge is 0.356 e. The van der Waals surface area contributed by atoms with Crippen LogP contribution in [-0.2, 0) is 24.9 Å². The maximum Gasteiger partial charge on any atom is 0.356 e. The average Bonchev–Trinajstić information content (AvgIpc) is 3.09. The lowest BCUT2D eigenvalue weighted by Gasteiger charge is -2.30. The second-order valence-corrected chi connectivity index (χ2v) is 9.26. The summed E-state index contributed by atoms with van der Waals surface area (Å²) in [5.74, 6) is 0.315. The summed E-state index contributed by atoms with van der Waals surface area (Å²) in [7, 11) is -3.41. The van der Waals surface area contributed by atoms with E-state index in [-0.39, 0.29) is 19.6 Å². The molecule has 1 saturated heterocycles. The van der Waals surface area contributed by atoms with Crippen molar-refractivity contribution in [2.45, 2.75) is 19.1 Å². The van der Waals surface area contributed by atoms with E-state index in [0.717, 1.165) is 5.56 Å². The number of hydrogen-bond acceptors (Lipinski definition) is 8.